The molecule has 0 aliphatic carbocycles. The first-order valence-corrected chi connectivity index (χ1v) is 10.5. The fraction of sp³-hybridized carbons (Fsp3) is 0.412. The zero-order valence-corrected chi connectivity index (χ0v) is 16.3. The maximum absolute atomic E-state index is 12.9. The van der Waals surface area contributed by atoms with Crippen molar-refractivity contribution in [3.63, 3.8) is 0 Å². The molecule has 1 aromatic carbocycles. The van der Waals surface area contributed by atoms with Crippen molar-refractivity contribution in [1.82, 2.24) is 20.0 Å². The minimum absolute atomic E-state index is 0.167. The highest BCUT2D eigenvalue weighted by Gasteiger charge is 2.35. The van der Waals surface area contributed by atoms with Crippen LogP contribution in [0, 0.1) is 0 Å². The Balaban J connectivity index is 1.46. The molecular weight excluding hydrogens is 409 g/mol. The van der Waals surface area contributed by atoms with Crippen molar-refractivity contribution in [2.75, 3.05) is 22.7 Å². The number of halogens is 3. The Morgan fingerprint density at radius 2 is 1.97 bits per heavy atom. The number of rotatable bonds is 4. The first-order valence-electron chi connectivity index (χ1n) is 8.95. The molecular formula is C17H19F3N6O2S. The maximum atomic E-state index is 12.9. The SMILES string of the molecule is Cn1ncc2cccc(NS(=O)(=O)C3CCN(c4cc(C(F)(F)F)[nH]n4)CC3)c21. The summed E-state index contributed by atoms with van der Waals surface area (Å²) in [5, 5.41) is 10.0. The van der Waals surface area contributed by atoms with Crippen LogP contribution in [-0.2, 0) is 23.2 Å². The lowest BCUT2D eigenvalue weighted by atomic mass is 10.1. The van der Waals surface area contributed by atoms with Crippen LogP contribution in [0.25, 0.3) is 10.9 Å². The van der Waals surface area contributed by atoms with E-state index in [0.717, 1.165) is 11.5 Å². The smallest absolute Gasteiger partial charge is 0.355 e. The molecule has 3 heterocycles. The Labute approximate surface area is 164 Å². The van der Waals surface area contributed by atoms with Gasteiger partial charge in [-0.05, 0) is 18.9 Å². The Morgan fingerprint density at radius 1 is 1.24 bits per heavy atom. The average Bonchev–Trinajstić information content (AvgIpc) is 3.30. The van der Waals surface area contributed by atoms with Crippen molar-refractivity contribution in [2.45, 2.75) is 24.3 Å². The maximum Gasteiger partial charge on any atom is 0.432 e. The molecule has 12 heteroatoms. The molecule has 0 amide bonds. The van der Waals surface area contributed by atoms with E-state index >= 15 is 0 Å². The predicted octanol–water partition coefficient (Wildman–Crippen LogP) is 2.73. The number of hydrogen-bond donors (Lipinski definition) is 2. The Bertz CT molecular complexity index is 1130. The highest BCUT2D eigenvalue weighted by molar-refractivity contribution is 7.93. The van der Waals surface area contributed by atoms with E-state index in [1.54, 1.807) is 35.0 Å². The van der Waals surface area contributed by atoms with E-state index in [0.29, 0.717) is 24.3 Å². The summed E-state index contributed by atoms with van der Waals surface area (Å²) in [4.78, 5) is 1.65. The van der Waals surface area contributed by atoms with E-state index < -0.39 is 27.1 Å². The van der Waals surface area contributed by atoms with Gasteiger partial charge < -0.3 is 4.90 Å². The summed E-state index contributed by atoms with van der Waals surface area (Å²) in [6, 6.07) is 6.22. The molecule has 0 unspecified atom stereocenters. The zero-order valence-electron chi connectivity index (χ0n) is 15.4. The average molecular weight is 428 g/mol. The predicted molar refractivity (Wildman–Crippen MR) is 102 cm³/mol. The Morgan fingerprint density at radius 3 is 2.62 bits per heavy atom. The largest absolute Gasteiger partial charge is 0.432 e. The van der Waals surface area contributed by atoms with Gasteiger partial charge in [0.25, 0.3) is 0 Å². The summed E-state index contributed by atoms with van der Waals surface area (Å²) in [5.41, 5.74) is 0.213. The zero-order chi connectivity index (χ0) is 20.8. The second-order valence-corrected chi connectivity index (χ2v) is 8.94. The lowest BCUT2D eigenvalue weighted by Crippen LogP contribution is -2.41. The van der Waals surface area contributed by atoms with Gasteiger partial charge in [0, 0.05) is 31.6 Å². The van der Waals surface area contributed by atoms with Gasteiger partial charge in [0.15, 0.2) is 5.82 Å². The summed E-state index contributed by atoms with van der Waals surface area (Å²) < 4.78 is 68.2. The van der Waals surface area contributed by atoms with E-state index in [-0.39, 0.29) is 18.7 Å². The summed E-state index contributed by atoms with van der Waals surface area (Å²) in [6.07, 6.45) is -2.27. The molecule has 29 heavy (non-hydrogen) atoms. The van der Waals surface area contributed by atoms with Crippen LogP contribution in [0.1, 0.15) is 18.5 Å². The molecule has 1 saturated heterocycles. The van der Waals surface area contributed by atoms with Gasteiger partial charge in [-0.25, -0.2) is 8.42 Å². The normalized spacial score (nSPS) is 16.5. The lowest BCUT2D eigenvalue weighted by Gasteiger charge is -2.31. The summed E-state index contributed by atoms with van der Waals surface area (Å²) in [7, 11) is -1.94. The van der Waals surface area contributed by atoms with E-state index in [2.05, 4.69) is 14.9 Å². The molecule has 0 saturated carbocycles. The van der Waals surface area contributed by atoms with Crippen molar-refractivity contribution >= 4 is 32.4 Å². The molecule has 0 bridgehead atoms. The number of benzene rings is 1. The van der Waals surface area contributed by atoms with E-state index in [4.69, 9.17) is 0 Å². The monoisotopic (exact) mass is 428 g/mol. The summed E-state index contributed by atoms with van der Waals surface area (Å²) in [5.74, 6) is 0.167. The molecule has 3 aromatic rings. The molecule has 0 spiro atoms. The van der Waals surface area contributed by atoms with Gasteiger partial charge in [0.2, 0.25) is 10.0 Å². The molecule has 8 nitrogen and oxygen atoms in total. The van der Waals surface area contributed by atoms with Crippen molar-refractivity contribution in [3.8, 4) is 0 Å². The summed E-state index contributed by atoms with van der Waals surface area (Å²) >= 11 is 0. The molecule has 4 rings (SSSR count). The fourth-order valence-electron chi connectivity index (χ4n) is 3.57. The molecule has 1 aliphatic rings. The Kier molecular flexibility index (Phi) is 4.68. The van der Waals surface area contributed by atoms with Crippen LogP contribution in [0.4, 0.5) is 24.7 Å². The van der Waals surface area contributed by atoms with Crippen molar-refractivity contribution in [2.24, 2.45) is 7.05 Å². The molecule has 2 N–H and O–H groups in total. The second-order valence-electron chi connectivity index (χ2n) is 6.98. The van der Waals surface area contributed by atoms with Gasteiger partial charge in [0.05, 0.1) is 22.7 Å². The molecule has 1 aliphatic heterocycles. The van der Waals surface area contributed by atoms with Crippen LogP contribution in [0.3, 0.4) is 0 Å². The third-order valence-corrected chi connectivity index (χ3v) is 6.94. The third kappa shape index (κ3) is 3.76. The Hall–Kier alpha value is -2.76. The van der Waals surface area contributed by atoms with Crippen molar-refractivity contribution in [1.29, 1.82) is 0 Å². The minimum atomic E-state index is -4.50. The van der Waals surface area contributed by atoms with Gasteiger partial charge in [-0.3, -0.25) is 14.5 Å². The number of alkyl halides is 3. The number of piperidine rings is 1. The highest BCUT2D eigenvalue weighted by Crippen LogP contribution is 2.31. The van der Waals surface area contributed by atoms with Crippen LogP contribution >= 0.6 is 0 Å². The first-order chi connectivity index (χ1) is 13.6. The minimum Gasteiger partial charge on any atom is -0.355 e. The number of para-hydroxylation sites is 1. The topological polar surface area (TPSA) is 95.9 Å². The van der Waals surface area contributed by atoms with Crippen LogP contribution in [0.5, 0.6) is 0 Å². The van der Waals surface area contributed by atoms with Gasteiger partial charge in [0.1, 0.15) is 5.69 Å². The number of fused-ring (bicyclic) bond motifs is 1. The van der Waals surface area contributed by atoms with Gasteiger partial charge in [-0.1, -0.05) is 12.1 Å². The number of hydrogen-bond acceptors (Lipinski definition) is 5. The lowest BCUT2D eigenvalue weighted by molar-refractivity contribution is -0.141. The number of nitrogens with one attached hydrogen (secondary N) is 2. The van der Waals surface area contributed by atoms with Crippen molar-refractivity contribution in [3.05, 3.63) is 36.2 Å². The number of sulfonamides is 1. The van der Waals surface area contributed by atoms with Crippen LogP contribution in [-0.4, -0.2) is 46.7 Å². The number of aryl methyl sites for hydroxylation is 1. The van der Waals surface area contributed by atoms with E-state index in [1.807, 2.05) is 11.2 Å². The third-order valence-electron chi connectivity index (χ3n) is 5.09. The van der Waals surface area contributed by atoms with E-state index in [1.165, 1.54) is 0 Å². The van der Waals surface area contributed by atoms with Crippen molar-refractivity contribution < 1.29 is 21.6 Å². The van der Waals surface area contributed by atoms with Gasteiger partial charge >= 0.3 is 6.18 Å². The first kappa shape index (κ1) is 19.6. The van der Waals surface area contributed by atoms with E-state index in [9.17, 15) is 21.6 Å². The standard InChI is InChI=1S/C17H19F3N6O2S/c1-25-16-11(10-21-25)3-2-4-13(16)24-29(27,28)12-5-7-26(8-6-12)15-9-14(22-23-15)17(18,19)20/h2-4,9-10,12,24H,5-8H2,1H3,(H,22,23). The number of anilines is 2. The van der Waals surface area contributed by atoms with Crippen LogP contribution in [0.2, 0.25) is 0 Å². The van der Waals surface area contributed by atoms with Gasteiger partial charge in [-0.2, -0.15) is 23.4 Å². The van der Waals surface area contributed by atoms with Crippen LogP contribution in [0.15, 0.2) is 30.5 Å². The second kappa shape index (κ2) is 6.94. The van der Waals surface area contributed by atoms with Gasteiger partial charge in [-0.15, -0.1) is 0 Å². The summed E-state index contributed by atoms with van der Waals surface area (Å²) in [6.45, 7) is 0.591. The van der Waals surface area contributed by atoms with Crippen LogP contribution < -0.4 is 9.62 Å². The number of H-pyrrole nitrogens is 1. The number of aromatic nitrogens is 4. The molecule has 0 atom stereocenters. The quantitative estimate of drug-likeness (QED) is 0.666. The number of aromatic amines is 1. The molecule has 1 fully saturated rings. The molecule has 0 radical (unpaired) electrons. The fourth-order valence-corrected chi connectivity index (χ4v) is 5.04. The molecule has 156 valence electrons. The molecule has 2 aromatic heterocycles. The number of nitrogens with zero attached hydrogens (tertiary/aromatic N) is 4. The highest BCUT2D eigenvalue weighted by atomic mass is 32.2.